The minimum atomic E-state index is 0.0835. The Morgan fingerprint density at radius 3 is 2.29 bits per heavy atom. The summed E-state index contributed by atoms with van der Waals surface area (Å²) in [5.74, 6) is 1.84. The van der Waals surface area contributed by atoms with E-state index in [0.717, 1.165) is 28.2 Å². The van der Waals surface area contributed by atoms with Gasteiger partial charge in [-0.25, -0.2) is 0 Å². The molecule has 0 saturated heterocycles. The number of nitrogens with one attached hydrogen (secondary N) is 1. The molecule has 0 aromatic heterocycles. The van der Waals surface area contributed by atoms with E-state index in [-0.39, 0.29) is 6.04 Å². The van der Waals surface area contributed by atoms with Crippen LogP contribution >= 0.6 is 0 Å². The van der Waals surface area contributed by atoms with Crippen LogP contribution in [0.15, 0.2) is 42.5 Å². The van der Waals surface area contributed by atoms with Crippen LogP contribution in [-0.2, 0) is 0 Å². The normalized spacial score (nSPS) is 12.0. The Hall–Kier alpha value is -2.00. The van der Waals surface area contributed by atoms with Crippen molar-refractivity contribution in [1.82, 2.24) is 5.32 Å². The summed E-state index contributed by atoms with van der Waals surface area (Å²) < 4.78 is 11.5. The number of hydrogen-bond donors (Lipinski definition) is 1. The van der Waals surface area contributed by atoms with Crippen molar-refractivity contribution in [2.24, 2.45) is 0 Å². The molecule has 0 heterocycles. The zero-order valence-electron chi connectivity index (χ0n) is 13.1. The van der Waals surface area contributed by atoms with Crippen LogP contribution in [-0.4, -0.2) is 20.8 Å². The van der Waals surface area contributed by atoms with Crippen molar-refractivity contribution in [1.29, 1.82) is 0 Å². The van der Waals surface area contributed by atoms with Crippen molar-refractivity contribution in [3.63, 3.8) is 0 Å². The van der Waals surface area contributed by atoms with Crippen molar-refractivity contribution in [3.8, 4) is 11.5 Å². The second-order valence-electron chi connectivity index (χ2n) is 5.12. The molecule has 0 aliphatic rings. The molecule has 0 spiro atoms. The maximum absolute atomic E-state index is 6.06. The first-order valence-electron chi connectivity index (χ1n) is 7.16. The lowest BCUT2D eigenvalue weighted by Gasteiger charge is -2.21. The Bertz CT molecular complexity index is 575. The molecule has 112 valence electrons. The summed E-state index contributed by atoms with van der Waals surface area (Å²) in [7, 11) is 3.63. The molecular formula is C18H23NO2. The summed E-state index contributed by atoms with van der Waals surface area (Å²) in [5, 5.41) is 3.30. The van der Waals surface area contributed by atoms with Crippen molar-refractivity contribution in [3.05, 3.63) is 59.2 Å². The van der Waals surface area contributed by atoms with Crippen LogP contribution in [0.3, 0.4) is 0 Å². The lowest BCUT2D eigenvalue weighted by atomic mass is 10.1. The number of hydrogen-bond acceptors (Lipinski definition) is 3. The predicted molar refractivity (Wildman–Crippen MR) is 86.2 cm³/mol. The minimum Gasteiger partial charge on any atom is -0.496 e. The third-order valence-electron chi connectivity index (χ3n) is 3.67. The van der Waals surface area contributed by atoms with Gasteiger partial charge in [0.1, 0.15) is 18.1 Å². The van der Waals surface area contributed by atoms with E-state index in [0.29, 0.717) is 6.61 Å². The van der Waals surface area contributed by atoms with Crippen LogP contribution in [0.1, 0.15) is 22.7 Å². The standard InChI is InChI=1S/C18H23NO2/c1-13-8-7-9-14(2)18(13)21-12-16(19-3)15-10-5-6-11-17(15)20-4/h5-11,16,19H,12H2,1-4H3. The molecule has 0 saturated carbocycles. The molecule has 0 amide bonds. The average Bonchev–Trinajstić information content (AvgIpc) is 2.50. The number of likely N-dealkylation sites (N-methyl/N-ethyl adjacent to an activating group) is 1. The molecule has 0 aliphatic heterocycles. The van der Waals surface area contributed by atoms with Gasteiger partial charge in [-0.05, 0) is 38.1 Å². The Balaban J connectivity index is 2.17. The van der Waals surface area contributed by atoms with Crippen LogP contribution in [0.4, 0.5) is 0 Å². The first kappa shape index (κ1) is 15.4. The summed E-state index contributed by atoms with van der Waals surface area (Å²) >= 11 is 0. The molecule has 0 aliphatic carbocycles. The van der Waals surface area contributed by atoms with Crippen LogP contribution < -0.4 is 14.8 Å². The van der Waals surface area contributed by atoms with E-state index in [9.17, 15) is 0 Å². The number of para-hydroxylation sites is 2. The van der Waals surface area contributed by atoms with E-state index in [1.807, 2.05) is 31.3 Å². The largest absolute Gasteiger partial charge is 0.496 e. The highest BCUT2D eigenvalue weighted by Gasteiger charge is 2.15. The van der Waals surface area contributed by atoms with E-state index in [2.05, 4.69) is 37.4 Å². The maximum Gasteiger partial charge on any atom is 0.125 e. The Kier molecular flexibility index (Phi) is 5.23. The van der Waals surface area contributed by atoms with Crippen molar-refractivity contribution < 1.29 is 9.47 Å². The zero-order chi connectivity index (χ0) is 15.2. The molecule has 2 aromatic carbocycles. The molecule has 0 radical (unpaired) electrons. The van der Waals surface area contributed by atoms with Crippen LogP contribution in [0, 0.1) is 13.8 Å². The van der Waals surface area contributed by atoms with E-state index < -0.39 is 0 Å². The quantitative estimate of drug-likeness (QED) is 0.878. The van der Waals surface area contributed by atoms with E-state index in [1.54, 1.807) is 7.11 Å². The number of benzene rings is 2. The fourth-order valence-corrected chi connectivity index (χ4v) is 2.48. The Labute approximate surface area is 126 Å². The molecule has 2 rings (SSSR count). The molecule has 1 unspecified atom stereocenters. The van der Waals surface area contributed by atoms with Gasteiger partial charge >= 0.3 is 0 Å². The van der Waals surface area contributed by atoms with Gasteiger partial charge in [-0.1, -0.05) is 36.4 Å². The molecule has 3 nitrogen and oxygen atoms in total. The topological polar surface area (TPSA) is 30.5 Å². The molecule has 21 heavy (non-hydrogen) atoms. The minimum absolute atomic E-state index is 0.0835. The summed E-state index contributed by atoms with van der Waals surface area (Å²) in [6.45, 7) is 4.70. The first-order valence-corrected chi connectivity index (χ1v) is 7.16. The average molecular weight is 285 g/mol. The fourth-order valence-electron chi connectivity index (χ4n) is 2.48. The summed E-state index contributed by atoms with van der Waals surface area (Å²) in [5.41, 5.74) is 3.42. The number of methoxy groups -OCH3 is 1. The second-order valence-corrected chi connectivity index (χ2v) is 5.12. The molecule has 0 fully saturated rings. The SMILES string of the molecule is CNC(COc1c(C)cccc1C)c1ccccc1OC. The number of ether oxygens (including phenoxy) is 2. The smallest absolute Gasteiger partial charge is 0.125 e. The fraction of sp³-hybridized carbons (Fsp3) is 0.333. The number of aryl methyl sites for hydroxylation is 2. The molecule has 0 bridgehead atoms. The summed E-state index contributed by atoms with van der Waals surface area (Å²) in [4.78, 5) is 0. The lowest BCUT2D eigenvalue weighted by Crippen LogP contribution is -2.24. The lowest BCUT2D eigenvalue weighted by molar-refractivity contribution is 0.266. The van der Waals surface area contributed by atoms with E-state index in [1.165, 1.54) is 0 Å². The highest BCUT2D eigenvalue weighted by molar-refractivity contribution is 5.40. The number of rotatable bonds is 6. The van der Waals surface area contributed by atoms with Crippen molar-refractivity contribution in [2.45, 2.75) is 19.9 Å². The van der Waals surface area contributed by atoms with Gasteiger partial charge in [-0.15, -0.1) is 0 Å². The third kappa shape index (κ3) is 3.56. The predicted octanol–water partition coefficient (Wildman–Crippen LogP) is 3.65. The summed E-state index contributed by atoms with van der Waals surface area (Å²) in [6, 6.07) is 14.3. The van der Waals surface area contributed by atoms with Crippen LogP contribution in [0.25, 0.3) is 0 Å². The van der Waals surface area contributed by atoms with Gasteiger partial charge < -0.3 is 14.8 Å². The molecule has 3 heteroatoms. The van der Waals surface area contributed by atoms with Gasteiger partial charge in [0.25, 0.3) is 0 Å². The molecule has 2 aromatic rings. The van der Waals surface area contributed by atoms with Gasteiger partial charge in [0.2, 0.25) is 0 Å². The van der Waals surface area contributed by atoms with Gasteiger partial charge in [-0.2, -0.15) is 0 Å². The first-order chi connectivity index (χ1) is 10.2. The monoisotopic (exact) mass is 285 g/mol. The molecular weight excluding hydrogens is 262 g/mol. The van der Waals surface area contributed by atoms with Gasteiger partial charge in [0.05, 0.1) is 13.2 Å². The van der Waals surface area contributed by atoms with E-state index >= 15 is 0 Å². The summed E-state index contributed by atoms with van der Waals surface area (Å²) in [6.07, 6.45) is 0. The van der Waals surface area contributed by atoms with Crippen LogP contribution in [0.5, 0.6) is 11.5 Å². The van der Waals surface area contributed by atoms with E-state index in [4.69, 9.17) is 9.47 Å². The second kappa shape index (κ2) is 7.14. The molecule has 1 atom stereocenters. The van der Waals surface area contributed by atoms with Crippen molar-refractivity contribution >= 4 is 0 Å². The van der Waals surface area contributed by atoms with Gasteiger partial charge in [-0.3, -0.25) is 0 Å². The van der Waals surface area contributed by atoms with Crippen molar-refractivity contribution in [2.75, 3.05) is 20.8 Å². The Morgan fingerprint density at radius 1 is 1.00 bits per heavy atom. The maximum atomic E-state index is 6.06. The van der Waals surface area contributed by atoms with Gasteiger partial charge in [0.15, 0.2) is 0 Å². The zero-order valence-corrected chi connectivity index (χ0v) is 13.1. The highest BCUT2D eigenvalue weighted by atomic mass is 16.5. The Morgan fingerprint density at radius 2 is 1.67 bits per heavy atom. The van der Waals surface area contributed by atoms with Crippen LogP contribution in [0.2, 0.25) is 0 Å². The highest BCUT2D eigenvalue weighted by Crippen LogP contribution is 2.27. The molecule has 1 N–H and O–H groups in total. The third-order valence-corrected chi connectivity index (χ3v) is 3.67. The van der Waals surface area contributed by atoms with Gasteiger partial charge in [0, 0.05) is 5.56 Å².